The molecular formula is C46H52N4S4. The highest BCUT2D eigenvalue weighted by Gasteiger charge is 2.26. The molecule has 0 N–H and O–H groups in total. The van der Waals surface area contributed by atoms with Crippen molar-refractivity contribution in [1.29, 1.82) is 0 Å². The highest BCUT2D eigenvalue weighted by atomic mass is 32.1. The first-order chi connectivity index (χ1) is 26.5. The molecular weight excluding hydrogens is 737 g/mol. The zero-order valence-electron chi connectivity index (χ0n) is 32.7. The van der Waals surface area contributed by atoms with Crippen molar-refractivity contribution in [2.24, 2.45) is 11.8 Å². The standard InChI is InChI=1S/C46H52N4S4/c1-7-13-16-29(9-3)18-15-19-31-20-22-32(23-21-31)37-27-38-39(52-37)28-40(53-38)42-44-43(47-34(11-5)35(12-6)48-44)41(45-46(42)50-54-49-45)36-25-24-33(51-36)26-30(10-4)17-14-8-2/h20-25,27-30H,7-14,16-18,26H2,1-6H3. The van der Waals surface area contributed by atoms with Crippen molar-refractivity contribution < 1.29 is 0 Å². The Morgan fingerprint density at radius 3 is 1.81 bits per heavy atom. The van der Waals surface area contributed by atoms with Crippen LogP contribution in [0.5, 0.6) is 0 Å². The summed E-state index contributed by atoms with van der Waals surface area (Å²) in [5, 5.41) is 0. The van der Waals surface area contributed by atoms with Gasteiger partial charge >= 0.3 is 0 Å². The van der Waals surface area contributed by atoms with Crippen LogP contribution in [0.1, 0.15) is 121 Å². The number of fused-ring (bicyclic) bond motifs is 3. The van der Waals surface area contributed by atoms with Gasteiger partial charge in [-0.25, -0.2) is 9.97 Å². The lowest BCUT2D eigenvalue weighted by atomic mass is 9.95. The highest BCUT2D eigenvalue weighted by molar-refractivity contribution is 7.31. The summed E-state index contributed by atoms with van der Waals surface area (Å²) in [6.07, 6.45) is 13.9. The maximum Gasteiger partial charge on any atom is 0.116 e. The third-order valence-corrected chi connectivity index (χ3v) is 14.9. The lowest BCUT2D eigenvalue weighted by Gasteiger charge is -2.14. The minimum absolute atomic E-state index is 0.710. The van der Waals surface area contributed by atoms with Gasteiger partial charge in [-0.2, -0.15) is 8.75 Å². The number of unbranched alkanes of at least 4 members (excludes halogenated alkanes) is 2. The maximum absolute atomic E-state index is 5.41. The average Bonchev–Trinajstić information content (AvgIpc) is 4.02. The molecule has 7 aromatic rings. The van der Waals surface area contributed by atoms with Crippen LogP contribution in [0.3, 0.4) is 0 Å². The lowest BCUT2D eigenvalue weighted by Crippen LogP contribution is -2.03. The van der Waals surface area contributed by atoms with Crippen LogP contribution in [0, 0.1) is 23.7 Å². The van der Waals surface area contributed by atoms with E-state index in [0.29, 0.717) is 5.92 Å². The Balaban J connectivity index is 1.24. The molecule has 0 saturated carbocycles. The number of nitrogens with zero attached hydrogens (tertiary/aromatic N) is 4. The van der Waals surface area contributed by atoms with Gasteiger partial charge < -0.3 is 0 Å². The van der Waals surface area contributed by atoms with Crippen LogP contribution < -0.4 is 0 Å². The summed E-state index contributed by atoms with van der Waals surface area (Å²) < 4.78 is 12.5. The lowest BCUT2D eigenvalue weighted by molar-refractivity contribution is 0.452. The number of aryl methyl sites for hydroxylation is 2. The van der Waals surface area contributed by atoms with Gasteiger partial charge in [-0.05, 0) is 79.5 Å². The van der Waals surface area contributed by atoms with E-state index in [2.05, 4.69) is 102 Å². The highest BCUT2D eigenvalue weighted by Crippen LogP contribution is 2.48. The Morgan fingerprint density at radius 1 is 0.611 bits per heavy atom. The van der Waals surface area contributed by atoms with Gasteiger partial charge in [0, 0.05) is 52.0 Å². The zero-order chi connectivity index (χ0) is 37.6. The van der Waals surface area contributed by atoms with Crippen LogP contribution >= 0.6 is 45.7 Å². The van der Waals surface area contributed by atoms with E-state index < -0.39 is 0 Å². The summed E-state index contributed by atoms with van der Waals surface area (Å²) in [6, 6.07) is 18.1. The van der Waals surface area contributed by atoms with Gasteiger partial charge in [-0.3, -0.25) is 0 Å². The van der Waals surface area contributed by atoms with E-state index in [4.69, 9.17) is 18.7 Å². The number of benzene rings is 2. The third kappa shape index (κ3) is 8.21. The summed E-state index contributed by atoms with van der Waals surface area (Å²) in [5.41, 5.74) is 10.4. The summed E-state index contributed by atoms with van der Waals surface area (Å²) in [5.74, 6) is 8.32. The van der Waals surface area contributed by atoms with Gasteiger partial charge in [0.2, 0.25) is 0 Å². The molecule has 0 spiro atoms. The number of hydrogen-bond donors (Lipinski definition) is 0. The quantitative estimate of drug-likeness (QED) is 0.0915. The van der Waals surface area contributed by atoms with Gasteiger partial charge in [0.25, 0.3) is 0 Å². The predicted octanol–water partition coefficient (Wildman–Crippen LogP) is 14.8. The van der Waals surface area contributed by atoms with Gasteiger partial charge in [-0.1, -0.05) is 110 Å². The van der Waals surface area contributed by atoms with E-state index in [0.717, 1.165) is 81.7 Å². The average molecular weight is 789 g/mol. The topological polar surface area (TPSA) is 51.6 Å². The largest absolute Gasteiger partial charge is 0.249 e. The van der Waals surface area contributed by atoms with Crippen molar-refractivity contribution in [1.82, 2.24) is 18.7 Å². The van der Waals surface area contributed by atoms with Crippen molar-refractivity contribution in [2.75, 3.05) is 0 Å². The minimum Gasteiger partial charge on any atom is -0.249 e. The van der Waals surface area contributed by atoms with Gasteiger partial charge in [0.1, 0.15) is 22.1 Å². The Morgan fingerprint density at radius 2 is 1.20 bits per heavy atom. The van der Waals surface area contributed by atoms with E-state index in [1.807, 2.05) is 34.0 Å². The minimum atomic E-state index is 0.710. The molecule has 0 amide bonds. The number of thiophene rings is 3. The van der Waals surface area contributed by atoms with E-state index in [1.54, 1.807) is 0 Å². The van der Waals surface area contributed by atoms with E-state index >= 15 is 0 Å². The fourth-order valence-electron chi connectivity index (χ4n) is 7.54. The molecule has 0 aliphatic rings. The molecule has 8 heteroatoms. The Labute approximate surface area is 337 Å². The van der Waals surface area contributed by atoms with E-state index in [9.17, 15) is 0 Å². The molecule has 0 radical (unpaired) electrons. The molecule has 7 rings (SSSR count). The molecule has 2 aromatic carbocycles. The molecule has 54 heavy (non-hydrogen) atoms. The molecule has 0 aliphatic heterocycles. The van der Waals surface area contributed by atoms with Crippen molar-refractivity contribution in [3.05, 3.63) is 70.4 Å². The second-order valence-electron chi connectivity index (χ2n) is 14.6. The first-order valence-corrected chi connectivity index (χ1v) is 23.4. The first kappa shape index (κ1) is 38.8. The number of aromatic nitrogens is 4. The SMILES string of the molecule is CCCCC(CC)CC#Cc1ccc(-c2cc3sc(-c4c5nsnc5c(-c5ccc(CC(CC)CCCC)s5)c5nc(CC)c(CC)nc45)cc3s2)cc1. The molecule has 0 fully saturated rings. The predicted molar refractivity (Wildman–Crippen MR) is 239 cm³/mol. The second-order valence-corrected chi connectivity index (χ2v) is 18.4. The van der Waals surface area contributed by atoms with Crippen molar-refractivity contribution in [2.45, 2.75) is 119 Å². The maximum atomic E-state index is 5.41. The molecule has 0 bridgehead atoms. The van der Waals surface area contributed by atoms with Crippen LogP contribution in [0.25, 0.3) is 62.8 Å². The van der Waals surface area contributed by atoms with Crippen molar-refractivity contribution in [3.8, 4) is 43.2 Å². The summed E-state index contributed by atoms with van der Waals surface area (Å²) in [7, 11) is 0. The number of hydrogen-bond acceptors (Lipinski definition) is 8. The molecule has 2 unspecified atom stereocenters. The summed E-state index contributed by atoms with van der Waals surface area (Å²) >= 11 is 6.88. The van der Waals surface area contributed by atoms with E-state index in [1.165, 1.54) is 97.6 Å². The molecule has 4 nitrogen and oxygen atoms in total. The second kappa shape index (κ2) is 18.0. The van der Waals surface area contributed by atoms with Crippen LogP contribution in [-0.4, -0.2) is 18.7 Å². The van der Waals surface area contributed by atoms with Crippen molar-refractivity contribution in [3.63, 3.8) is 0 Å². The van der Waals surface area contributed by atoms with Gasteiger partial charge in [0.15, 0.2) is 0 Å². The molecule has 5 heterocycles. The van der Waals surface area contributed by atoms with Gasteiger partial charge in [0.05, 0.1) is 23.1 Å². The Kier molecular flexibility index (Phi) is 12.9. The molecule has 280 valence electrons. The summed E-state index contributed by atoms with van der Waals surface area (Å²) in [6.45, 7) is 13.6. The fourth-order valence-corrected chi connectivity index (χ4v) is 11.7. The molecule has 0 aliphatic carbocycles. The Hall–Kier alpha value is -3.48. The molecule has 0 saturated heterocycles. The van der Waals surface area contributed by atoms with Crippen LogP contribution in [-0.2, 0) is 19.3 Å². The normalized spacial score (nSPS) is 12.9. The number of rotatable bonds is 16. The summed E-state index contributed by atoms with van der Waals surface area (Å²) in [4.78, 5) is 15.9. The molecule has 5 aromatic heterocycles. The molecule has 2 atom stereocenters. The Bertz CT molecular complexity index is 2370. The van der Waals surface area contributed by atoms with Crippen molar-refractivity contribution >= 4 is 77.2 Å². The fraction of sp³-hybridized carbons (Fsp3) is 0.435. The van der Waals surface area contributed by atoms with Crippen LogP contribution in [0.2, 0.25) is 0 Å². The third-order valence-electron chi connectivity index (χ3n) is 10.9. The first-order valence-electron chi connectivity index (χ1n) is 20.2. The van der Waals surface area contributed by atoms with E-state index in [-0.39, 0.29) is 0 Å². The monoisotopic (exact) mass is 788 g/mol. The van der Waals surface area contributed by atoms with Gasteiger partial charge in [-0.15, -0.1) is 34.0 Å². The smallest absolute Gasteiger partial charge is 0.116 e. The zero-order valence-corrected chi connectivity index (χ0v) is 35.9. The van der Waals surface area contributed by atoms with Crippen LogP contribution in [0.15, 0.2) is 48.5 Å². The van der Waals surface area contributed by atoms with Crippen LogP contribution in [0.4, 0.5) is 0 Å².